The third-order valence-corrected chi connectivity index (χ3v) is 6.46. The van der Waals surface area contributed by atoms with Gasteiger partial charge in [0, 0.05) is 24.5 Å². The maximum atomic E-state index is 9.40. The normalized spacial score (nSPS) is 15.9. The summed E-state index contributed by atoms with van der Waals surface area (Å²) in [6.45, 7) is 7.53. The number of aliphatic hydroxyl groups is 2. The molecule has 0 unspecified atom stereocenters. The van der Waals surface area contributed by atoms with Gasteiger partial charge in [0.2, 0.25) is 0 Å². The van der Waals surface area contributed by atoms with Crippen molar-refractivity contribution in [1.29, 1.82) is 0 Å². The van der Waals surface area contributed by atoms with E-state index in [1.807, 2.05) is 0 Å². The summed E-state index contributed by atoms with van der Waals surface area (Å²) in [5.41, 5.74) is 5.95. The van der Waals surface area contributed by atoms with Crippen molar-refractivity contribution in [3.63, 3.8) is 0 Å². The van der Waals surface area contributed by atoms with E-state index < -0.39 is 0 Å². The summed E-state index contributed by atoms with van der Waals surface area (Å²) in [7, 11) is 0. The number of benzene rings is 2. The Morgan fingerprint density at radius 3 is 1.54 bits per heavy atom. The SMILES string of the molecule is CC(C)(C)C1c2ccccc2C(CCCCO)(CCCCO)c2ccccc21. The van der Waals surface area contributed by atoms with Gasteiger partial charge < -0.3 is 10.2 Å². The molecular formula is C26H36O2. The van der Waals surface area contributed by atoms with Crippen LogP contribution in [0.15, 0.2) is 48.5 Å². The molecule has 0 aliphatic heterocycles. The molecule has 0 saturated carbocycles. The monoisotopic (exact) mass is 380 g/mol. The van der Waals surface area contributed by atoms with Crippen LogP contribution in [0.1, 0.15) is 87.5 Å². The summed E-state index contributed by atoms with van der Waals surface area (Å²) in [6, 6.07) is 18.0. The summed E-state index contributed by atoms with van der Waals surface area (Å²) in [4.78, 5) is 0. The molecule has 2 nitrogen and oxygen atoms in total. The summed E-state index contributed by atoms with van der Waals surface area (Å²) >= 11 is 0. The molecule has 0 fully saturated rings. The molecule has 0 radical (unpaired) electrons. The fourth-order valence-electron chi connectivity index (χ4n) is 5.36. The molecule has 2 N–H and O–H groups in total. The molecule has 3 rings (SSSR count). The minimum atomic E-state index is -0.0285. The summed E-state index contributed by atoms with van der Waals surface area (Å²) in [5, 5.41) is 18.8. The molecule has 0 atom stereocenters. The van der Waals surface area contributed by atoms with Crippen LogP contribution in [0, 0.1) is 5.41 Å². The van der Waals surface area contributed by atoms with Crippen molar-refractivity contribution >= 4 is 0 Å². The van der Waals surface area contributed by atoms with Crippen molar-refractivity contribution in [2.45, 2.75) is 70.6 Å². The minimum Gasteiger partial charge on any atom is -0.396 e. The predicted molar refractivity (Wildman–Crippen MR) is 117 cm³/mol. The van der Waals surface area contributed by atoms with E-state index in [1.54, 1.807) is 0 Å². The van der Waals surface area contributed by atoms with E-state index in [0.717, 1.165) is 38.5 Å². The van der Waals surface area contributed by atoms with E-state index in [9.17, 15) is 10.2 Å². The number of aliphatic hydroxyl groups excluding tert-OH is 2. The van der Waals surface area contributed by atoms with Crippen LogP contribution in [0.25, 0.3) is 0 Å². The van der Waals surface area contributed by atoms with Gasteiger partial charge in [0.25, 0.3) is 0 Å². The molecule has 28 heavy (non-hydrogen) atoms. The van der Waals surface area contributed by atoms with Crippen LogP contribution in [0.2, 0.25) is 0 Å². The quantitative estimate of drug-likeness (QED) is 0.569. The average Bonchev–Trinajstić information content (AvgIpc) is 2.67. The van der Waals surface area contributed by atoms with Gasteiger partial charge >= 0.3 is 0 Å². The average molecular weight is 381 g/mol. The number of hydrogen-bond acceptors (Lipinski definition) is 2. The van der Waals surface area contributed by atoms with E-state index in [1.165, 1.54) is 22.3 Å². The highest BCUT2D eigenvalue weighted by Gasteiger charge is 2.45. The number of unbranched alkanes of at least 4 members (excludes halogenated alkanes) is 2. The summed E-state index contributed by atoms with van der Waals surface area (Å²) in [6.07, 6.45) is 5.80. The lowest BCUT2D eigenvalue weighted by Gasteiger charge is -2.48. The van der Waals surface area contributed by atoms with Crippen molar-refractivity contribution < 1.29 is 10.2 Å². The van der Waals surface area contributed by atoms with E-state index in [4.69, 9.17) is 0 Å². The highest BCUT2D eigenvalue weighted by atomic mass is 16.3. The maximum Gasteiger partial charge on any atom is 0.0431 e. The lowest BCUT2D eigenvalue weighted by molar-refractivity contribution is 0.260. The first-order valence-corrected chi connectivity index (χ1v) is 10.9. The molecule has 2 aromatic rings. The van der Waals surface area contributed by atoms with Crippen molar-refractivity contribution in [2.24, 2.45) is 5.41 Å². The van der Waals surface area contributed by atoms with Crippen LogP contribution in [0.4, 0.5) is 0 Å². The number of hydrogen-bond donors (Lipinski definition) is 2. The van der Waals surface area contributed by atoms with Crippen molar-refractivity contribution in [3.8, 4) is 0 Å². The Kier molecular flexibility index (Phi) is 6.62. The Hall–Kier alpha value is -1.64. The lowest BCUT2D eigenvalue weighted by atomic mass is 9.56. The highest BCUT2D eigenvalue weighted by Crippen LogP contribution is 2.55. The van der Waals surface area contributed by atoms with Gasteiger partial charge in [-0.1, -0.05) is 69.3 Å². The zero-order chi connectivity index (χ0) is 20.2. The Balaban J connectivity index is 2.21. The Morgan fingerprint density at radius 2 is 1.14 bits per heavy atom. The Bertz CT molecular complexity index is 712. The van der Waals surface area contributed by atoms with E-state index in [2.05, 4.69) is 69.3 Å². The molecule has 0 heterocycles. The molecule has 1 aliphatic carbocycles. The Labute approximate surface area is 170 Å². The molecule has 0 saturated heterocycles. The standard InChI is InChI=1S/C26H36O2/c1-25(2,3)24-20-12-4-6-14-22(20)26(16-8-10-18-27,17-9-11-19-28)23-15-7-5-13-21(23)24/h4-7,12-15,24,27-28H,8-11,16-19H2,1-3H3. The first-order valence-electron chi connectivity index (χ1n) is 10.9. The smallest absolute Gasteiger partial charge is 0.0431 e. The van der Waals surface area contributed by atoms with Crippen LogP contribution in [-0.4, -0.2) is 23.4 Å². The molecule has 2 aromatic carbocycles. The van der Waals surface area contributed by atoms with E-state index in [-0.39, 0.29) is 24.0 Å². The van der Waals surface area contributed by atoms with Gasteiger partial charge in [0.1, 0.15) is 0 Å². The molecular weight excluding hydrogens is 344 g/mol. The van der Waals surface area contributed by atoms with Gasteiger partial charge in [-0.15, -0.1) is 0 Å². The topological polar surface area (TPSA) is 40.5 Å². The van der Waals surface area contributed by atoms with Crippen LogP contribution in [-0.2, 0) is 5.41 Å². The second-order valence-electron chi connectivity index (χ2n) is 9.42. The second-order valence-corrected chi connectivity index (χ2v) is 9.42. The second kappa shape index (κ2) is 8.80. The van der Waals surface area contributed by atoms with Gasteiger partial charge in [0.05, 0.1) is 0 Å². The fourth-order valence-corrected chi connectivity index (χ4v) is 5.36. The van der Waals surface area contributed by atoms with E-state index in [0.29, 0.717) is 5.92 Å². The number of fused-ring (bicyclic) bond motifs is 2. The number of rotatable bonds is 8. The fraction of sp³-hybridized carbons (Fsp3) is 0.538. The molecule has 152 valence electrons. The molecule has 2 heteroatoms. The third kappa shape index (κ3) is 3.90. The maximum absolute atomic E-state index is 9.40. The van der Waals surface area contributed by atoms with E-state index >= 15 is 0 Å². The predicted octanol–water partition coefficient (Wildman–Crippen LogP) is 5.79. The summed E-state index contributed by atoms with van der Waals surface area (Å²) < 4.78 is 0. The highest BCUT2D eigenvalue weighted by molar-refractivity contribution is 5.57. The first kappa shape index (κ1) is 21.1. The van der Waals surface area contributed by atoms with Crippen molar-refractivity contribution in [1.82, 2.24) is 0 Å². The Morgan fingerprint density at radius 1 is 0.714 bits per heavy atom. The van der Waals surface area contributed by atoms with Gasteiger partial charge in [0.15, 0.2) is 0 Å². The largest absolute Gasteiger partial charge is 0.396 e. The minimum absolute atomic E-state index is 0.0285. The first-order chi connectivity index (χ1) is 13.5. The van der Waals surface area contributed by atoms with Crippen molar-refractivity contribution in [2.75, 3.05) is 13.2 Å². The van der Waals surface area contributed by atoms with Gasteiger partial charge in [-0.25, -0.2) is 0 Å². The summed E-state index contributed by atoms with van der Waals surface area (Å²) in [5.74, 6) is 0.378. The van der Waals surface area contributed by atoms with Crippen LogP contribution < -0.4 is 0 Å². The molecule has 0 bridgehead atoms. The third-order valence-electron chi connectivity index (χ3n) is 6.46. The van der Waals surface area contributed by atoms with Gasteiger partial charge in [-0.05, 0) is 66.2 Å². The molecule has 1 aliphatic rings. The van der Waals surface area contributed by atoms with Crippen LogP contribution >= 0.6 is 0 Å². The lowest BCUT2D eigenvalue weighted by Crippen LogP contribution is -2.38. The zero-order valence-corrected chi connectivity index (χ0v) is 17.7. The van der Waals surface area contributed by atoms with Gasteiger partial charge in [-0.3, -0.25) is 0 Å². The van der Waals surface area contributed by atoms with Crippen LogP contribution in [0.5, 0.6) is 0 Å². The molecule has 0 spiro atoms. The van der Waals surface area contributed by atoms with Crippen LogP contribution in [0.3, 0.4) is 0 Å². The van der Waals surface area contributed by atoms with Crippen molar-refractivity contribution in [3.05, 3.63) is 70.8 Å². The molecule has 0 aromatic heterocycles. The zero-order valence-electron chi connectivity index (χ0n) is 17.7. The van der Waals surface area contributed by atoms with Gasteiger partial charge in [-0.2, -0.15) is 0 Å². The molecule has 0 amide bonds.